The van der Waals surface area contributed by atoms with Crippen LogP contribution >= 0.6 is 23.5 Å². The van der Waals surface area contributed by atoms with E-state index in [1.807, 2.05) is 0 Å². The molecule has 4 fully saturated rings. The van der Waals surface area contributed by atoms with Gasteiger partial charge in [-0.1, -0.05) is 31.6 Å². The molecule has 3 unspecified atom stereocenters. The van der Waals surface area contributed by atoms with Gasteiger partial charge < -0.3 is 5.11 Å². The largest absolute Gasteiger partial charge is 0.481 e. The fourth-order valence-corrected chi connectivity index (χ4v) is 11.8. The maximum absolute atomic E-state index is 11.6. The molecule has 1 spiro atoms. The van der Waals surface area contributed by atoms with Crippen LogP contribution < -0.4 is 0 Å². The van der Waals surface area contributed by atoms with Crippen LogP contribution in [0.15, 0.2) is 24.3 Å². The quantitative estimate of drug-likeness (QED) is 0.471. The maximum atomic E-state index is 11.6. The zero-order chi connectivity index (χ0) is 21.1. The van der Waals surface area contributed by atoms with Gasteiger partial charge in [0.2, 0.25) is 0 Å². The van der Waals surface area contributed by atoms with Crippen LogP contribution in [0.5, 0.6) is 0 Å². The molecule has 0 bridgehead atoms. The number of carboxylic acids is 1. The molecule has 5 aliphatic rings. The summed E-state index contributed by atoms with van der Waals surface area (Å²) in [7, 11) is 0. The smallest absolute Gasteiger partial charge is 0.303 e. The van der Waals surface area contributed by atoms with Crippen molar-refractivity contribution < 1.29 is 9.90 Å². The highest BCUT2D eigenvalue weighted by Crippen LogP contribution is 2.70. The molecule has 1 N–H and O–H groups in total. The van der Waals surface area contributed by atoms with Crippen LogP contribution in [-0.2, 0) is 4.79 Å². The molecule has 1 saturated heterocycles. The molecule has 7 atom stereocenters. The minimum absolute atomic E-state index is 0.226. The lowest BCUT2D eigenvalue weighted by atomic mass is 9.44. The third-order valence-corrected chi connectivity index (χ3v) is 13.6. The van der Waals surface area contributed by atoms with Crippen LogP contribution in [0.3, 0.4) is 0 Å². The van der Waals surface area contributed by atoms with Gasteiger partial charge in [-0.3, -0.25) is 4.79 Å². The van der Waals surface area contributed by atoms with E-state index in [1.165, 1.54) is 50.0 Å². The van der Waals surface area contributed by atoms with Gasteiger partial charge in [0.25, 0.3) is 0 Å². The van der Waals surface area contributed by atoms with Crippen LogP contribution in [0.25, 0.3) is 0 Å². The first kappa shape index (κ1) is 21.5. The SMILES string of the molecule is C=CC[C@@H]1CC2=CC3(CC[C@]2(C)C2CC[C@@]4(C)C(CC[C@@H]4CC(=O)O)C21)SCCS3. The molecule has 0 aromatic carbocycles. The highest BCUT2D eigenvalue weighted by atomic mass is 32.2. The van der Waals surface area contributed by atoms with E-state index in [-0.39, 0.29) is 5.41 Å². The van der Waals surface area contributed by atoms with Crippen LogP contribution in [0, 0.1) is 40.4 Å². The molecule has 2 nitrogen and oxygen atoms in total. The Morgan fingerprint density at radius 2 is 1.93 bits per heavy atom. The van der Waals surface area contributed by atoms with E-state index >= 15 is 0 Å². The fraction of sp³-hybridized carbons (Fsp3) is 0.808. The van der Waals surface area contributed by atoms with Gasteiger partial charge in [0.1, 0.15) is 0 Å². The zero-order valence-electron chi connectivity index (χ0n) is 18.7. The second-order valence-electron chi connectivity index (χ2n) is 11.3. The third-order valence-electron chi connectivity index (χ3n) is 10.2. The Hall–Kier alpha value is -0.350. The number of hydrogen-bond donors (Lipinski definition) is 1. The first-order chi connectivity index (χ1) is 14.3. The van der Waals surface area contributed by atoms with E-state index < -0.39 is 5.97 Å². The summed E-state index contributed by atoms with van der Waals surface area (Å²) in [5.74, 6) is 5.31. The molecule has 1 aliphatic heterocycles. The van der Waals surface area contributed by atoms with Crippen molar-refractivity contribution in [2.24, 2.45) is 40.4 Å². The summed E-state index contributed by atoms with van der Waals surface area (Å²) in [5.41, 5.74) is 2.36. The Morgan fingerprint density at radius 1 is 1.17 bits per heavy atom. The van der Waals surface area contributed by atoms with E-state index in [2.05, 4.69) is 56.1 Å². The summed E-state index contributed by atoms with van der Waals surface area (Å²) in [5, 5.41) is 9.52. The van der Waals surface area contributed by atoms with Crippen molar-refractivity contribution in [3.63, 3.8) is 0 Å². The number of carboxylic acid groups (broad SMARTS) is 1. The standard InChI is InChI=1S/C26H38O2S2/c1-4-5-17-14-19-16-26(29-12-13-30-26)11-10-25(19,3)21-8-9-24(2)18(15-22(27)28)6-7-20(24)23(17)21/h4,16-18,20-21,23H,1,5-15H2,2-3H3,(H,27,28)/t17-,18-,20?,21?,23?,24-,25+/m1/s1. The molecule has 5 rings (SSSR count). The van der Waals surface area contributed by atoms with Gasteiger partial charge >= 0.3 is 5.97 Å². The van der Waals surface area contributed by atoms with E-state index in [0.29, 0.717) is 33.7 Å². The molecule has 4 aliphatic carbocycles. The molecule has 0 radical (unpaired) electrons. The lowest BCUT2D eigenvalue weighted by Gasteiger charge is -2.61. The van der Waals surface area contributed by atoms with E-state index in [1.54, 1.807) is 5.57 Å². The Balaban J connectivity index is 1.50. The zero-order valence-corrected chi connectivity index (χ0v) is 20.3. The number of carbonyl (C=O) groups is 1. The Kier molecular flexibility index (Phi) is 5.45. The molecule has 0 aromatic rings. The molecule has 4 heteroatoms. The van der Waals surface area contributed by atoms with Crippen molar-refractivity contribution in [1.82, 2.24) is 0 Å². The van der Waals surface area contributed by atoms with Gasteiger partial charge in [-0.05, 0) is 91.8 Å². The number of fused-ring (bicyclic) bond motifs is 5. The topological polar surface area (TPSA) is 37.3 Å². The fourth-order valence-electron chi connectivity index (χ4n) is 8.63. The summed E-state index contributed by atoms with van der Waals surface area (Å²) in [6.07, 6.45) is 15.2. The van der Waals surface area contributed by atoms with Gasteiger partial charge in [-0.25, -0.2) is 0 Å². The summed E-state index contributed by atoms with van der Waals surface area (Å²) < 4.78 is 0.365. The first-order valence-corrected chi connectivity index (χ1v) is 14.1. The molecule has 0 aromatic heterocycles. The molecule has 0 amide bonds. The molecular weight excluding hydrogens is 408 g/mol. The highest BCUT2D eigenvalue weighted by molar-refractivity contribution is 8.21. The molecule has 166 valence electrons. The summed E-state index contributed by atoms with van der Waals surface area (Å²) in [4.78, 5) is 11.6. The van der Waals surface area contributed by atoms with Crippen LogP contribution in [0.4, 0.5) is 0 Å². The lowest BCUT2D eigenvalue weighted by Crippen LogP contribution is -2.54. The van der Waals surface area contributed by atoms with Crippen LogP contribution in [0.1, 0.15) is 71.6 Å². The molecular formula is C26H38O2S2. The second kappa shape index (κ2) is 7.61. The maximum Gasteiger partial charge on any atom is 0.303 e. The molecule has 1 heterocycles. The number of hydrogen-bond acceptors (Lipinski definition) is 3. The Labute approximate surface area is 191 Å². The number of rotatable bonds is 4. The first-order valence-electron chi connectivity index (χ1n) is 12.1. The predicted molar refractivity (Wildman–Crippen MR) is 129 cm³/mol. The number of aliphatic carboxylic acids is 1. The monoisotopic (exact) mass is 446 g/mol. The molecule has 30 heavy (non-hydrogen) atoms. The predicted octanol–water partition coefficient (Wildman–Crippen LogP) is 7.02. The lowest BCUT2D eigenvalue weighted by molar-refractivity contribution is -0.140. The van der Waals surface area contributed by atoms with Gasteiger partial charge in [-0.2, -0.15) is 0 Å². The third kappa shape index (κ3) is 3.17. The van der Waals surface area contributed by atoms with E-state index in [0.717, 1.165) is 24.7 Å². The van der Waals surface area contributed by atoms with Crippen molar-refractivity contribution in [2.75, 3.05) is 11.5 Å². The van der Waals surface area contributed by atoms with Crippen molar-refractivity contribution >= 4 is 29.5 Å². The average molecular weight is 447 g/mol. The normalized spacial score (nSPS) is 46.6. The summed E-state index contributed by atoms with van der Waals surface area (Å²) >= 11 is 4.39. The molecule has 3 saturated carbocycles. The Morgan fingerprint density at radius 3 is 2.63 bits per heavy atom. The van der Waals surface area contributed by atoms with E-state index in [9.17, 15) is 9.90 Å². The minimum Gasteiger partial charge on any atom is -0.481 e. The highest BCUT2D eigenvalue weighted by Gasteiger charge is 2.61. The van der Waals surface area contributed by atoms with Gasteiger partial charge in [-0.15, -0.1) is 30.1 Å². The number of thioether (sulfide) groups is 2. The van der Waals surface area contributed by atoms with Gasteiger partial charge in [0.05, 0.1) is 4.08 Å². The minimum atomic E-state index is -0.600. The van der Waals surface area contributed by atoms with Crippen molar-refractivity contribution in [3.05, 3.63) is 24.3 Å². The second-order valence-corrected chi connectivity index (χ2v) is 14.4. The summed E-state index contributed by atoms with van der Waals surface area (Å²) in [6.45, 7) is 9.19. The van der Waals surface area contributed by atoms with Crippen LogP contribution in [-0.4, -0.2) is 26.7 Å². The van der Waals surface area contributed by atoms with Crippen molar-refractivity contribution in [1.29, 1.82) is 0 Å². The average Bonchev–Trinajstić information content (AvgIpc) is 3.28. The van der Waals surface area contributed by atoms with Crippen molar-refractivity contribution in [2.45, 2.75) is 75.7 Å². The van der Waals surface area contributed by atoms with Crippen molar-refractivity contribution in [3.8, 4) is 0 Å². The number of allylic oxidation sites excluding steroid dienone is 2. The van der Waals surface area contributed by atoms with E-state index in [4.69, 9.17) is 0 Å². The van der Waals surface area contributed by atoms with Gasteiger partial charge in [0.15, 0.2) is 0 Å². The Bertz CT molecular complexity index is 754. The van der Waals surface area contributed by atoms with Crippen LogP contribution in [0.2, 0.25) is 0 Å². The van der Waals surface area contributed by atoms with Gasteiger partial charge in [0, 0.05) is 17.9 Å². The summed E-state index contributed by atoms with van der Waals surface area (Å²) in [6, 6.07) is 0.